The first-order chi connectivity index (χ1) is 15.5. The molecule has 1 aliphatic rings. The summed E-state index contributed by atoms with van der Waals surface area (Å²) in [7, 11) is 1.51. The summed E-state index contributed by atoms with van der Waals surface area (Å²) in [5, 5.41) is 7.43. The highest BCUT2D eigenvalue weighted by Crippen LogP contribution is 2.24. The number of thiophene rings is 1. The van der Waals surface area contributed by atoms with E-state index in [1.165, 1.54) is 47.6 Å². The van der Waals surface area contributed by atoms with Crippen LogP contribution in [-0.2, 0) is 14.3 Å². The number of carbonyl (C=O) groups is 3. The van der Waals surface area contributed by atoms with Crippen LogP contribution in [0.1, 0.15) is 47.0 Å². The number of carbonyl (C=O) groups excluding carboxylic acids is 3. The lowest BCUT2D eigenvalue weighted by molar-refractivity contribution is -0.141. The van der Waals surface area contributed by atoms with Gasteiger partial charge in [-0.05, 0) is 42.0 Å². The van der Waals surface area contributed by atoms with Crippen LogP contribution in [0.4, 0.5) is 4.39 Å². The molecule has 2 aromatic rings. The first-order valence-electron chi connectivity index (χ1n) is 10.7. The summed E-state index contributed by atoms with van der Waals surface area (Å²) < 4.78 is 18.7. The Kier molecular flexibility index (Phi) is 8.75. The lowest BCUT2D eigenvalue weighted by Gasteiger charge is -2.32. The fraction of sp³-hybridized carbons (Fsp3) is 0.435. The average molecular weight is 462 g/mol. The average Bonchev–Trinajstić information content (AvgIpc) is 3.50. The van der Waals surface area contributed by atoms with Crippen molar-refractivity contribution < 1.29 is 23.5 Å². The van der Waals surface area contributed by atoms with Gasteiger partial charge in [0.25, 0.3) is 5.91 Å². The van der Waals surface area contributed by atoms with Crippen LogP contribution in [0, 0.1) is 5.82 Å². The normalized spacial score (nSPS) is 14.7. The largest absolute Gasteiger partial charge is 0.383 e. The van der Waals surface area contributed by atoms with Crippen molar-refractivity contribution in [3.8, 4) is 0 Å². The predicted octanol–water partition coefficient (Wildman–Crippen LogP) is 2.89. The third kappa shape index (κ3) is 6.37. The van der Waals surface area contributed by atoms with Gasteiger partial charge in [0.05, 0.1) is 18.0 Å². The first kappa shape index (κ1) is 23.9. The summed E-state index contributed by atoms with van der Waals surface area (Å²) in [6.45, 7) is 0.0815. The Morgan fingerprint density at radius 2 is 1.91 bits per heavy atom. The second-order valence-corrected chi connectivity index (χ2v) is 8.63. The molecule has 2 N–H and O–H groups in total. The summed E-state index contributed by atoms with van der Waals surface area (Å²) >= 11 is 1.28. The van der Waals surface area contributed by atoms with E-state index >= 15 is 0 Å². The van der Waals surface area contributed by atoms with E-state index in [-0.39, 0.29) is 37.6 Å². The van der Waals surface area contributed by atoms with Crippen molar-refractivity contribution in [2.75, 3.05) is 26.8 Å². The summed E-state index contributed by atoms with van der Waals surface area (Å²) in [4.78, 5) is 40.6. The zero-order valence-corrected chi connectivity index (χ0v) is 18.8. The number of nitrogens with one attached hydrogen (secondary N) is 2. The molecule has 0 saturated heterocycles. The Morgan fingerprint density at radius 3 is 2.53 bits per heavy atom. The maximum Gasteiger partial charge on any atom is 0.261 e. The van der Waals surface area contributed by atoms with Gasteiger partial charge in [-0.2, -0.15) is 0 Å². The third-order valence-corrected chi connectivity index (χ3v) is 6.32. The van der Waals surface area contributed by atoms with Gasteiger partial charge in [-0.15, -0.1) is 11.3 Å². The van der Waals surface area contributed by atoms with Crippen molar-refractivity contribution >= 4 is 29.1 Å². The number of amides is 3. The Balaban J connectivity index is 1.81. The van der Waals surface area contributed by atoms with Crippen LogP contribution >= 0.6 is 11.3 Å². The highest BCUT2D eigenvalue weighted by molar-refractivity contribution is 7.12. The van der Waals surface area contributed by atoms with Crippen LogP contribution in [0.25, 0.3) is 0 Å². The molecule has 0 spiro atoms. The van der Waals surface area contributed by atoms with Crippen LogP contribution < -0.4 is 10.6 Å². The van der Waals surface area contributed by atoms with Crippen LogP contribution in [0.2, 0.25) is 0 Å². The van der Waals surface area contributed by atoms with Crippen molar-refractivity contribution in [2.24, 2.45) is 0 Å². The molecular weight excluding hydrogens is 433 g/mol. The van der Waals surface area contributed by atoms with E-state index in [1.54, 1.807) is 17.5 Å². The molecule has 1 aromatic heterocycles. The van der Waals surface area contributed by atoms with Crippen LogP contribution in [0.3, 0.4) is 0 Å². The smallest absolute Gasteiger partial charge is 0.261 e. The number of methoxy groups -OCH3 is 1. The van der Waals surface area contributed by atoms with Crippen LogP contribution in [0.15, 0.2) is 41.8 Å². The zero-order valence-electron chi connectivity index (χ0n) is 18.0. The van der Waals surface area contributed by atoms with Gasteiger partial charge >= 0.3 is 0 Å². The number of nitrogens with zero attached hydrogens (tertiary/aromatic N) is 1. The van der Waals surface area contributed by atoms with Gasteiger partial charge in [-0.3, -0.25) is 14.4 Å². The number of rotatable bonds is 10. The van der Waals surface area contributed by atoms with Crippen LogP contribution in [-0.4, -0.2) is 55.5 Å². The van der Waals surface area contributed by atoms with Gasteiger partial charge in [-0.1, -0.05) is 31.0 Å². The van der Waals surface area contributed by atoms with Crippen molar-refractivity contribution in [1.82, 2.24) is 15.5 Å². The van der Waals surface area contributed by atoms with E-state index in [2.05, 4.69) is 10.6 Å². The molecule has 1 unspecified atom stereocenters. The number of ether oxygens (including phenoxy) is 1. The molecule has 1 aliphatic carbocycles. The molecule has 1 saturated carbocycles. The van der Waals surface area contributed by atoms with E-state index < -0.39 is 17.8 Å². The second kappa shape index (κ2) is 11.7. The number of hydrogen-bond acceptors (Lipinski definition) is 5. The summed E-state index contributed by atoms with van der Waals surface area (Å²) in [5.41, 5.74) is 0.496. The highest BCUT2D eigenvalue weighted by atomic mass is 32.1. The van der Waals surface area contributed by atoms with E-state index in [0.29, 0.717) is 10.4 Å². The molecule has 3 amide bonds. The van der Waals surface area contributed by atoms with Crippen molar-refractivity contribution in [3.63, 3.8) is 0 Å². The van der Waals surface area contributed by atoms with Crippen molar-refractivity contribution in [1.29, 1.82) is 0 Å². The molecule has 9 heteroatoms. The second-order valence-electron chi connectivity index (χ2n) is 7.68. The van der Waals surface area contributed by atoms with Crippen molar-refractivity contribution in [3.05, 3.63) is 58.0 Å². The van der Waals surface area contributed by atoms with Crippen LogP contribution in [0.5, 0.6) is 0 Å². The molecular formula is C23H28FN3O4S. The predicted molar refractivity (Wildman–Crippen MR) is 120 cm³/mol. The zero-order chi connectivity index (χ0) is 22.9. The molecule has 0 aliphatic heterocycles. The summed E-state index contributed by atoms with van der Waals surface area (Å²) in [5.74, 6) is -1.53. The van der Waals surface area contributed by atoms with Gasteiger partial charge in [-0.25, -0.2) is 4.39 Å². The van der Waals surface area contributed by atoms with Gasteiger partial charge < -0.3 is 20.3 Å². The molecule has 1 fully saturated rings. The van der Waals surface area contributed by atoms with E-state index in [1.807, 2.05) is 0 Å². The van der Waals surface area contributed by atoms with Gasteiger partial charge in [0.2, 0.25) is 11.8 Å². The molecule has 3 rings (SSSR count). The maximum absolute atomic E-state index is 13.5. The fourth-order valence-electron chi connectivity index (χ4n) is 3.81. The molecule has 32 heavy (non-hydrogen) atoms. The van der Waals surface area contributed by atoms with E-state index in [0.717, 1.165) is 25.7 Å². The van der Waals surface area contributed by atoms with Gasteiger partial charge in [0, 0.05) is 19.7 Å². The molecule has 1 aromatic carbocycles. The SMILES string of the molecule is COCCN(C(=O)CNC(=O)c1cccs1)C(C(=O)NC1CCCC1)c1ccc(F)cc1. The molecule has 0 bridgehead atoms. The minimum Gasteiger partial charge on any atom is -0.383 e. The topological polar surface area (TPSA) is 87.7 Å². The monoisotopic (exact) mass is 461 g/mol. The Hall–Kier alpha value is -2.78. The Morgan fingerprint density at radius 1 is 1.19 bits per heavy atom. The molecule has 0 radical (unpaired) electrons. The lowest BCUT2D eigenvalue weighted by Crippen LogP contribution is -2.49. The Labute approximate surface area is 190 Å². The minimum absolute atomic E-state index is 0.0587. The number of halogens is 1. The fourth-order valence-corrected chi connectivity index (χ4v) is 4.45. The summed E-state index contributed by atoms with van der Waals surface area (Å²) in [6, 6.07) is 8.07. The molecule has 1 heterocycles. The maximum atomic E-state index is 13.5. The molecule has 172 valence electrons. The van der Waals surface area contributed by atoms with Gasteiger partial charge in [0.1, 0.15) is 11.9 Å². The van der Waals surface area contributed by atoms with Gasteiger partial charge in [0.15, 0.2) is 0 Å². The van der Waals surface area contributed by atoms with E-state index in [4.69, 9.17) is 4.74 Å². The number of benzene rings is 1. The minimum atomic E-state index is -0.961. The van der Waals surface area contributed by atoms with E-state index in [9.17, 15) is 18.8 Å². The molecule has 7 nitrogen and oxygen atoms in total. The highest BCUT2D eigenvalue weighted by Gasteiger charge is 2.33. The standard InChI is InChI=1S/C23H28FN3O4S/c1-31-13-12-27(20(28)15-25-22(29)19-7-4-14-32-19)21(16-8-10-17(24)11-9-16)23(30)26-18-5-2-3-6-18/h4,7-11,14,18,21H,2-3,5-6,12-13,15H2,1H3,(H,25,29)(H,26,30). The summed E-state index contributed by atoms with van der Waals surface area (Å²) in [6.07, 6.45) is 3.88. The molecule has 1 atom stereocenters. The quantitative estimate of drug-likeness (QED) is 0.570. The number of hydrogen-bond donors (Lipinski definition) is 2. The lowest BCUT2D eigenvalue weighted by atomic mass is 10.0. The Bertz CT molecular complexity index is 898. The third-order valence-electron chi connectivity index (χ3n) is 5.45. The van der Waals surface area contributed by atoms with Crippen molar-refractivity contribution in [2.45, 2.75) is 37.8 Å². The first-order valence-corrected chi connectivity index (χ1v) is 11.5.